The fraction of sp³-hybridized carbons (Fsp3) is 0.0794. The van der Waals surface area contributed by atoms with Gasteiger partial charge in [0.1, 0.15) is 0 Å². The van der Waals surface area contributed by atoms with Gasteiger partial charge in [0.2, 0.25) is 0 Å². The van der Waals surface area contributed by atoms with Gasteiger partial charge in [-0.05, 0) is 132 Å². The number of nitrogens with zero attached hydrogens (tertiary/aromatic N) is 2. The molecule has 0 saturated carbocycles. The van der Waals surface area contributed by atoms with E-state index < -0.39 is 0 Å². The smallest absolute Gasteiger partial charge is 0.0547 e. The fourth-order valence-corrected chi connectivity index (χ4v) is 12.0. The molecular weight excluding hydrogens is 785 g/mol. The van der Waals surface area contributed by atoms with E-state index in [0.29, 0.717) is 0 Å². The van der Waals surface area contributed by atoms with Crippen LogP contribution < -0.4 is 0 Å². The Morgan fingerprint density at radius 3 is 1.78 bits per heavy atom. The van der Waals surface area contributed by atoms with E-state index in [4.69, 9.17) is 0 Å². The van der Waals surface area contributed by atoms with E-state index in [-0.39, 0.29) is 5.41 Å². The lowest BCUT2D eigenvalue weighted by Gasteiger charge is -2.21. The maximum absolute atomic E-state index is 2.53. The van der Waals surface area contributed by atoms with Crippen LogP contribution in [0.5, 0.6) is 0 Å². The van der Waals surface area contributed by atoms with Crippen molar-refractivity contribution >= 4 is 86.7 Å². The van der Waals surface area contributed by atoms with Crippen molar-refractivity contribution in [2.75, 3.05) is 0 Å². The minimum Gasteiger partial charge on any atom is -0.340 e. The van der Waals surface area contributed by atoms with Gasteiger partial charge in [0, 0.05) is 55.6 Å². The Bertz CT molecular complexity index is 4090. The van der Waals surface area contributed by atoms with Crippen LogP contribution in [0.25, 0.3) is 115 Å². The Hall–Kier alpha value is -7.94. The second-order valence-electron chi connectivity index (χ2n) is 18.7. The molecule has 14 rings (SSSR count). The van der Waals surface area contributed by atoms with E-state index >= 15 is 0 Å². The van der Waals surface area contributed by atoms with Gasteiger partial charge >= 0.3 is 0 Å². The minimum absolute atomic E-state index is 0.120. The summed E-state index contributed by atoms with van der Waals surface area (Å²) >= 11 is 0. The zero-order chi connectivity index (χ0) is 43.0. The monoisotopic (exact) mass is 828 g/mol. The van der Waals surface area contributed by atoms with Gasteiger partial charge in [0.25, 0.3) is 0 Å². The Morgan fingerprint density at radius 1 is 0.369 bits per heavy atom. The van der Waals surface area contributed by atoms with E-state index in [1.54, 1.807) is 0 Å². The van der Waals surface area contributed by atoms with Crippen LogP contribution in [0.4, 0.5) is 0 Å². The van der Waals surface area contributed by atoms with Gasteiger partial charge in [-0.3, -0.25) is 0 Å². The van der Waals surface area contributed by atoms with Crippen LogP contribution in [0.1, 0.15) is 30.5 Å². The van der Waals surface area contributed by atoms with Crippen molar-refractivity contribution in [2.24, 2.45) is 0 Å². The van der Waals surface area contributed by atoms with Crippen molar-refractivity contribution in [1.82, 2.24) is 9.13 Å². The number of fused-ring (bicyclic) bond motifs is 18. The molecule has 0 saturated heterocycles. The summed E-state index contributed by atoms with van der Waals surface area (Å²) < 4.78 is 5.07. The van der Waals surface area contributed by atoms with Gasteiger partial charge in [-0.25, -0.2) is 0 Å². The average Bonchev–Trinajstić information content (AvgIpc) is 3.95. The molecule has 0 unspecified atom stereocenters. The van der Waals surface area contributed by atoms with E-state index in [1.165, 1.54) is 126 Å². The topological polar surface area (TPSA) is 9.86 Å². The molecule has 0 bridgehead atoms. The quantitative estimate of drug-likeness (QED) is 0.153. The largest absolute Gasteiger partial charge is 0.340 e. The van der Waals surface area contributed by atoms with Crippen LogP contribution >= 0.6 is 0 Å². The van der Waals surface area contributed by atoms with Crippen LogP contribution in [0.2, 0.25) is 0 Å². The third kappa shape index (κ3) is 5.17. The number of aromatic nitrogens is 2. The summed E-state index contributed by atoms with van der Waals surface area (Å²) in [6, 6.07) is 77.5. The number of benzene rings is 11. The Balaban J connectivity index is 0.982. The zero-order valence-electron chi connectivity index (χ0n) is 36.4. The number of hydrogen-bond donors (Lipinski definition) is 0. The first-order valence-corrected chi connectivity index (χ1v) is 23.0. The summed E-state index contributed by atoms with van der Waals surface area (Å²) in [6.07, 6.45) is 0.981. The summed E-state index contributed by atoms with van der Waals surface area (Å²) in [5, 5.41) is 15.6. The molecule has 306 valence electrons. The van der Waals surface area contributed by atoms with Gasteiger partial charge in [0.05, 0.1) is 11.0 Å². The molecule has 0 fully saturated rings. The van der Waals surface area contributed by atoms with Crippen molar-refractivity contribution in [2.45, 2.75) is 32.2 Å². The molecule has 2 aromatic heterocycles. The summed E-state index contributed by atoms with van der Waals surface area (Å²) in [7, 11) is 0. The maximum atomic E-state index is 2.53. The van der Waals surface area contributed by atoms with E-state index in [2.05, 4.69) is 229 Å². The third-order valence-corrected chi connectivity index (χ3v) is 15.0. The molecule has 1 aliphatic carbocycles. The lowest BCUT2D eigenvalue weighted by atomic mass is 9.82. The summed E-state index contributed by atoms with van der Waals surface area (Å²) in [5.41, 5.74) is 15.4. The molecule has 0 atom stereocenters. The molecule has 0 amide bonds. The number of rotatable bonds is 5. The molecule has 65 heavy (non-hydrogen) atoms. The van der Waals surface area contributed by atoms with Crippen LogP contribution in [-0.4, -0.2) is 9.13 Å². The van der Waals surface area contributed by atoms with E-state index in [0.717, 1.165) is 18.7 Å². The Morgan fingerprint density at radius 2 is 0.985 bits per heavy atom. The molecule has 2 heterocycles. The predicted molar refractivity (Wildman–Crippen MR) is 277 cm³/mol. The van der Waals surface area contributed by atoms with Crippen molar-refractivity contribution in [3.05, 3.63) is 223 Å². The zero-order valence-corrected chi connectivity index (χ0v) is 36.4. The second kappa shape index (κ2) is 13.5. The first-order valence-electron chi connectivity index (χ1n) is 23.0. The summed E-state index contributed by atoms with van der Waals surface area (Å²) in [6.45, 7) is 5.70. The average molecular weight is 829 g/mol. The standard InChI is InChI=1S/C63H44N2/c1-63(2)54-23-13-12-21-48(54)51-37-53-59(38-55(51)63)65(58-33-30-50-47-20-9-8-18-45(47)46-19-10-11-22-49(46)61(50)62(53)58)43-28-24-40(25-29-43)42-27-31-56-52(36-42)60-44-17-7-6-16-41(44)26-32-57(60)64(56)35-34-39-14-4-3-5-15-39/h3-33,36-38H,34-35H2,1-2H3. The summed E-state index contributed by atoms with van der Waals surface area (Å²) in [4.78, 5) is 0. The lowest BCUT2D eigenvalue weighted by molar-refractivity contribution is 0.661. The fourth-order valence-electron chi connectivity index (χ4n) is 12.0. The molecule has 1 aliphatic rings. The highest BCUT2D eigenvalue weighted by molar-refractivity contribution is 6.35. The molecule has 0 spiro atoms. The van der Waals surface area contributed by atoms with Crippen molar-refractivity contribution in [1.29, 1.82) is 0 Å². The highest BCUT2D eigenvalue weighted by atomic mass is 15.0. The minimum atomic E-state index is -0.120. The lowest BCUT2D eigenvalue weighted by Crippen LogP contribution is -2.14. The van der Waals surface area contributed by atoms with Gasteiger partial charge in [-0.15, -0.1) is 0 Å². The van der Waals surface area contributed by atoms with Crippen LogP contribution in [0, 0.1) is 0 Å². The van der Waals surface area contributed by atoms with E-state index in [9.17, 15) is 0 Å². The van der Waals surface area contributed by atoms with Crippen molar-refractivity contribution in [3.63, 3.8) is 0 Å². The molecule has 2 nitrogen and oxygen atoms in total. The van der Waals surface area contributed by atoms with Gasteiger partial charge < -0.3 is 9.13 Å². The molecule has 0 radical (unpaired) electrons. The first kappa shape index (κ1) is 36.5. The van der Waals surface area contributed by atoms with Crippen LogP contribution in [-0.2, 0) is 18.4 Å². The van der Waals surface area contributed by atoms with E-state index in [1.807, 2.05) is 0 Å². The van der Waals surface area contributed by atoms with Gasteiger partial charge in [-0.1, -0.05) is 172 Å². The molecule has 13 aromatic rings. The molecule has 11 aromatic carbocycles. The van der Waals surface area contributed by atoms with Crippen molar-refractivity contribution in [3.8, 4) is 27.9 Å². The molecule has 0 N–H and O–H groups in total. The maximum Gasteiger partial charge on any atom is 0.0547 e. The Kier molecular flexibility index (Phi) is 7.61. The SMILES string of the molecule is CC1(C)c2ccccc2-c2cc3c4c5c6ccccc6c6ccccc6c5ccc4n(-c4ccc(-c5ccc6c(c5)c5c7ccccc7ccc5n6CCc5ccccc5)cc4)c3cc21. The van der Waals surface area contributed by atoms with Gasteiger partial charge in [-0.2, -0.15) is 0 Å². The summed E-state index contributed by atoms with van der Waals surface area (Å²) in [5.74, 6) is 0. The number of aryl methyl sites for hydroxylation is 2. The molecule has 2 heteroatoms. The molecule has 0 aliphatic heterocycles. The van der Waals surface area contributed by atoms with Crippen molar-refractivity contribution < 1.29 is 0 Å². The van der Waals surface area contributed by atoms with Crippen LogP contribution in [0.3, 0.4) is 0 Å². The highest BCUT2D eigenvalue weighted by Gasteiger charge is 2.36. The normalized spacial score (nSPS) is 13.3. The highest BCUT2D eigenvalue weighted by Crippen LogP contribution is 2.52. The molecular formula is C63H44N2. The predicted octanol–water partition coefficient (Wildman–Crippen LogP) is 16.7. The van der Waals surface area contributed by atoms with Gasteiger partial charge in [0.15, 0.2) is 0 Å². The van der Waals surface area contributed by atoms with Crippen LogP contribution in [0.15, 0.2) is 206 Å². The Labute approximate surface area is 377 Å². The second-order valence-corrected chi connectivity index (χ2v) is 18.7. The third-order valence-electron chi connectivity index (χ3n) is 15.0. The number of hydrogen-bond acceptors (Lipinski definition) is 0. The first-order chi connectivity index (χ1) is 32.0.